The van der Waals surface area contributed by atoms with Crippen LogP contribution in [0.1, 0.15) is 32.3 Å². The second kappa shape index (κ2) is 6.15. The number of methoxy groups -OCH3 is 1. The molecule has 0 bridgehead atoms. The molecule has 1 amide bonds. The van der Waals surface area contributed by atoms with Crippen LogP contribution in [0.15, 0.2) is 18.2 Å². The molecule has 3 aliphatic rings. The van der Waals surface area contributed by atoms with E-state index in [2.05, 4.69) is 23.6 Å². The quantitative estimate of drug-likeness (QED) is 0.823. The van der Waals surface area contributed by atoms with Crippen molar-refractivity contribution >= 4 is 17.5 Å². The first kappa shape index (κ1) is 17.1. The maximum atomic E-state index is 12.7. The van der Waals surface area contributed by atoms with Crippen LogP contribution in [0.3, 0.4) is 0 Å². The van der Waals surface area contributed by atoms with Gasteiger partial charge in [0.2, 0.25) is 5.91 Å². The van der Waals surface area contributed by atoms with E-state index in [4.69, 9.17) is 21.1 Å². The van der Waals surface area contributed by atoms with E-state index in [1.165, 1.54) is 0 Å². The molecule has 3 saturated heterocycles. The van der Waals surface area contributed by atoms with Crippen LogP contribution in [-0.4, -0.2) is 53.8 Å². The molecule has 4 rings (SSSR count). The van der Waals surface area contributed by atoms with Crippen molar-refractivity contribution in [3.05, 3.63) is 28.8 Å². The third kappa shape index (κ3) is 2.56. The van der Waals surface area contributed by atoms with Crippen LogP contribution >= 0.6 is 11.6 Å². The number of carbonyl (C=O) groups excluding carboxylic acids is 1. The molecule has 3 aliphatic heterocycles. The fraction of sp³-hybridized carbons (Fsp3) is 0.632. The van der Waals surface area contributed by atoms with Gasteiger partial charge in [0.1, 0.15) is 5.75 Å². The van der Waals surface area contributed by atoms with Crippen LogP contribution in [-0.2, 0) is 16.1 Å². The lowest BCUT2D eigenvalue weighted by Crippen LogP contribution is -2.50. The number of benzene rings is 1. The smallest absolute Gasteiger partial charge is 0.226 e. The summed E-state index contributed by atoms with van der Waals surface area (Å²) in [5, 5.41) is 0.620. The van der Waals surface area contributed by atoms with Gasteiger partial charge in [-0.2, -0.15) is 0 Å². The SMILES string of the molecule is COc1ccc(CN2CC[C@@]34OC[C@@H](C(C)C)N3C(=O)C[C@@H]24)cc1Cl. The average Bonchev–Trinajstić information content (AvgIpc) is 3.18. The molecule has 0 aliphatic carbocycles. The Morgan fingerprint density at radius 1 is 1.44 bits per heavy atom. The maximum absolute atomic E-state index is 12.7. The van der Waals surface area contributed by atoms with Crippen molar-refractivity contribution in [2.24, 2.45) is 5.92 Å². The second-order valence-corrected chi connectivity index (χ2v) is 8.05. The number of ether oxygens (including phenoxy) is 2. The predicted molar refractivity (Wildman–Crippen MR) is 95.6 cm³/mol. The van der Waals surface area contributed by atoms with Gasteiger partial charge in [0.15, 0.2) is 5.72 Å². The van der Waals surface area contributed by atoms with Crippen molar-refractivity contribution in [2.75, 3.05) is 20.3 Å². The molecule has 5 nitrogen and oxygen atoms in total. The van der Waals surface area contributed by atoms with Gasteiger partial charge in [-0.15, -0.1) is 0 Å². The number of hydrogen-bond acceptors (Lipinski definition) is 4. The molecule has 0 aromatic heterocycles. The third-order valence-electron chi connectivity index (χ3n) is 5.97. The summed E-state index contributed by atoms with van der Waals surface area (Å²) in [6, 6.07) is 6.22. The monoisotopic (exact) mass is 364 g/mol. The number of rotatable bonds is 4. The summed E-state index contributed by atoms with van der Waals surface area (Å²) in [5.41, 5.74) is 0.717. The number of carbonyl (C=O) groups is 1. The van der Waals surface area contributed by atoms with E-state index in [-0.39, 0.29) is 18.0 Å². The molecule has 1 spiro atoms. The van der Waals surface area contributed by atoms with Gasteiger partial charge in [-0.25, -0.2) is 0 Å². The summed E-state index contributed by atoms with van der Waals surface area (Å²) in [6.45, 7) is 6.69. The molecule has 0 radical (unpaired) electrons. The van der Waals surface area contributed by atoms with Crippen LogP contribution in [0.5, 0.6) is 5.75 Å². The number of halogens is 1. The van der Waals surface area contributed by atoms with Crippen LogP contribution in [0.4, 0.5) is 0 Å². The highest BCUT2D eigenvalue weighted by atomic mass is 35.5. The largest absolute Gasteiger partial charge is 0.495 e. The molecule has 3 heterocycles. The number of likely N-dealkylation sites (tertiary alicyclic amines) is 1. The Morgan fingerprint density at radius 2 is 2.24 bits per heavy atom. The molecule has 1 aromatic rings. The van der Waals surface area contributed by atoms with Gasteiger partial charge in [-0.1, -0.05) is 31.5 Å². The second-order valence-electron chi connectivity index (χ2n) is 7.64. The van der Waals surface area contributed by atoms with Gasteiger partial charge < -0.3 is 14.4 Å². The number of amides is 1. The fourth-order valence-corrected chi connectivity index (χ4v) is 4.97. The lowest BCUT2D eigenvalue weighted by atomic mass is 10.0. The van der Waals surface area contributed by atoms with E-state index < -0.39 is 5.72 Å². The molecule has 0 unspecified atom stereocenters. The minimum absolute atomic E-state index is 0.129. The Balaban J connectivity index is 1.55. The highest BCUT2D eigenvalue weighted by Crippen LogP contribution is 2.49. The van der Waals surface area contributed by atoms with E-state index in [1.807, 2.05) is 18.2 Å². The standard InChI is InChI=1S/C19H25ClN2O3/c1-12(2)15-11-25-19-6-7-21(17(19)9-18(23)22(15)19)10-13-4-5-16(24-3)14(20)8-13/h4-5,8,12,15,17H,6-7,9-11H2,1-3H3/t15-,17+,19-/m0/s1. The lowest BCUT2D eigenvalue weighted by Gasteiger charge is -2.34. The van der Waals surface area contributed by atoms with E-state index in [1.54, 1.807) is 7.11 Å². The summed E-state index contributed by atoms with van der Waals surface area (Å²) in [6.07, 6.45) is 1.43. The van der Waals surface area contributed by atoms with Crippen molar-refractivity contribution in [1.29, 1.82) is 0 Å². The molecule has 1 aromatic carbocycles. The minimum atomic E-state index is -0.414. The highest BCUT2D eigenvalue weighted by molar-refractivity contribution is 6.32. The summed E-state index contributed by atoms with van der Waals surface area (Å²) >= 11 is 6.26. The van der Waals surface area contributed by atoms with Crippen LogP contribution in [0.2, 0.25) is 5.02 Å². The summed E-state index contributed by atoms with van der Waals surface area (Å²) in [4.78, 5) is 17.1. The molecule has 0 N–H and O–H groups in total. The van der Waals surface area contributed by atoms with Crippen molar-refractivity contribution in [3.8, 4) is 5.75 Å². The molecule has 25 heavy (non-hydrogen) atoms. The zero-order valence-electron chi connectivity index (χ0n) is 15.0. The highest BCUT2D eigenvalue weighted by Gasteiger charge is 2.64. The third-order valence-corrected chi connectivity index (χ3v) is 6.27. The number of hydrogen-bond donors (Lipinski definition) is 0. The van der Waals surface area contributed by atoms with Gasteiger partial charge in [-0.3, -0.25) is 9.69 Å². The van der Waals surface area contributed by atoms with E-state index >= 15 is 0 Å². The topological polar surface area (TPSA) is 42.0 Å². The van der Waals surface area contributed by atoms with Gasteiger partial charge in [0.25, 0.3) is 0 Å². The van der Waals surface area contributed by atoms with Gasteiger partial charge in [0.05, 0.1) is 30.8 Å². The van der Waals surface area contributed by atoms with Crippen LogP contribution in [0, 0.1) is 5.92 Å². The lowest BCUT2D eigenvalue weighted by molar-refractivity contribution is -0.139. The Labute approximate surface area is 153 Å². The molecule has 3 atom stereocenters. The molecule has 0 saturated carbocycles. The first-order valence-corrected chi connectivity index (χ1v) is 9.36. The molecular weight excluding hydrogens is 340 g/mol. The average molecular weight is 365 g/mol. The normalized spacial score (nSPS) is 31.7. The molecular formula is C19H25ClN2O3. The Hall–Kier alpha value is -1.30. The summed E-state index contributed by atoms with van der Waals surface area (Å²) in [7, 11) is 1.62. The predicted octanol–water partition coefficient (Wildman–Crippen LogP) is 2.91. The minimum Gasteiger partial charge on any atom is -0.495 e. The fourth-order valence-electron chi connectivity index (χ4n) is 4.69. The van der Waals surface area contributed by atoms with E-state index in [0.29, 0.717) is 29.7 Å². The zero-order valence-corrected chi connectivity index (χ0v) is 15.8. The van der Waals surface area contributed by atoms with Crippen molar-refractivity contribution in [2.45, 2.75) is 51.0 Å². The first-order valence-electron chi connectivity index (χ1n) is 8.99. The molecule has 3 fully saturated rings. The van der Waals surface area contributed by atoms with Gasteiger partial charge in [0, 0.05) is 25.9 Å². The van der Waals surface area contributed by atoms with Gasteiger partial charge >= 0.3 is 0 Å². The van der Waals surface area contributed by atoms with Gasteiger partial charge in [-0.05, 0) is 23.6 Å². The summed E-state index contributed by atoms with van der Waals surface area (Å²) < 4.78 is 11.5. The summed E-state index contributed by atoms with van der Waals surface area (Å²) in [5.74, 6) is 1.33. The van der Waals surface area contributed by atoms with E-state index in [0.717, 1.165) is 25.1 Å². The Morgan fingerprint density at radius 3 is 2.92 bits per heavy atom. The molecule has 6 heteroatoms. The Bertz CT molecular complexity index is 695. The number of nitrogens with zero attached hydrogens (tertiary/aromatic N) is 2. The molecule has 136 valence electrons. The van der Waals surface area contributed by atoms with Crippen molar-refractivity contribution < 1.29 is 14.3 Å². The zero-order chi connectivity index (χ0) is 17.8. The van der Waals surface area contributed by atoms with Crippen molar-refractivity contribution in [1.82, 2.24) is 9.80 Å². The Kier molecular flexibility index (Phi) is 4.21. The van der Waals surface area contributed by atoms with Crippen LogP contribution in [0.25, 0.3) is 0 Å². The van der Waals surface area contributed by atoms with Crippen molar-refractivity contribution in [3.63, 3.8) is 0 Å². The first-order chi connectivity index (χ1) is 12.0. The van der Waals surface area contributed by atoms with Crippen LogP contribution < -0.4 is 4.74 Å². The van der Waals surface area contributed by atoms with E-state index in [9.17, 15) is 4.79 Å². The maximum Gasteiger partial charge on any atom is 0.226 e.